The summed E-state index contributed by atoms with van der Waals surface area (Å²) in [5.41, 5.74) is 0.902. The maximum Gasteiger partial charge on any atom is 0.249 e. The highest BCUT2D eigenvalue weighted by Gasteiger charge is 2.26. The Morgan fingerprint density at radius 1 is 1.22 bits per heavy atom. The molecule has 0 spiro atoms. The minimum Gasteiger partial charge on any atom is -0.344 e. The van der Waals surface area contributed by atoms with Gasteiger partial charge in [0.2, 0.25) is 17.6 Å². The first-order valence-electron chi connectivity index (χ1n) is 8.19. The molecule has 1 heterocycles. The lowest BCUT2D eigenvalue weighted by molar-refractivity contribution is -0.123. The predicted octanol–water partition coefficient (Wildman–Crippen LogP) is 3.99. The lowest BCUT2D eigenvalue weighted by atomic mass is 9.98. The van der Waals surface area contributed by atoms with E-state index < -0.39 is 0 Å². The molecule has 1 N–H and O–H groups in total. The second-order valence-electron chi connectivity index (χ2n) is 6.35. The van der Waals surface area contributed by atoms with Crippen LogP contribution in [0.3, 0.4) is 0 Å². The molecule has 2 aromatic rings. The number of hydrogen-bond acceptors (Lipinski definition) is 4. The van der Waals surface area contributed by atoms with E-state index in [1.165, 1.54) is 0 Å². The van der Waals surface area contributed by atoms with E-state index in [0.717, 1.165) is 12.0 Å². The average molecular weight is 315 g/mol. The van der Waals surface area contributed by atoms with Crippen LogP contribution in [0.1, 0.15) is 52.5 Å². The number of rotatable bonds is 7. The van der Waals surface area contributed by atoms with Crippen LogP contribution in [0.4, 0.5) is 0 Å². The van der Waals surface area contributed by atoms with Gasteiger partial charge in [-0.2, -0.15) is 4.98 Å². The fourth-order valence-electron chi connectivity index (χ4n) is 2.35. The summed E-state index contributed by atoms with van der Waals surface area (Å²) in [5.74, 6) is 1.57. The van der Waals surface area contributed by atoms with Gasteiger partial charge in [-0.15, -0.1) is 0 Å². The Morgan fingerprint density at radius 3 is 2.52 bits per heavy atom. The normalized spacial score (nSPS) is 13.8. The molecular formula is C18H25N3O2. The summed E-state index contributed by atoms with van der Waals surface area (Å²) in [6.07, 6.45) is 1.41. The molecule has 1 aromatic carbocycles. The molecule has 5 nitrogen and oxygen atoms in total. The lowest BCUT2D eigenvalue weighted by Gasteiger charge is -2.21. The Bertz CT molecular complexity index is 622. The zero-order valence-electron chi connectivity index (χ0n) is 14.2. The third-order valence-corrected chi connectivity index (χ3v) is 3.86. The number of aromatic nitrogens is 2. The maximum absolute atomic E-state index is 12.1. The van der Waals surface area contributed by atoms with Crippen LogP contribution in [0.15, 0.2) is 34.9 Å². The van der Waals surface area contributed by atoms with Crippen molar-refractivity contribution in [1.82, 2.24) is 15.5 Å². The number of benzene rings is 1. The minimum atomic E-state index is -0.254. The highest BCUT2D eigenvalue weighted by molar-refractivity contribution is 5.76. The van der Waals surface area contributed by atoms with Crippen LogP contribution in [-0.4, -0.2) is 16.0 Å². The van der Waals surface area contributed by atoms with Crippen LogP contribution in [0.25, 0.3) is 11.4 Å². The number of carbonyl (C=O) groups is 1. The van der Waals surface area contributed by atoms with Crippen molar-refractivity contribution in [3.05, 3.63) is 36.2 Å². The zero-order valence-corrected chi connectivity index (χ0v) is 14.2. The van der Waals surface area contributed by atoms with E-state index in [9.17, 15) is 4.79 Å². The number of nitrogens with zero attached hydrogens (tertiary/aromatic N) is 2. The van der Waals surface area contributed by atoms with Gasteiger partial charge >= 0.3 is 0 Å². The summed E-state index contributed by atoms with van der Waals surface area (Å²) >= 11 is 0. The lowest BCUT2D eigenvalue weighted by Crippen LogP contribution is -2.33. The fourth-order valence-corrected chi connectivity index (χ4v) is 2.35. The van der Waals surface area contributed by atoms with Gasteiger partial charge in [0.25, 0.3) is 0 Å². The van der Waals surface area contributed by atoms with Crippen LogP contribution >= 0.6 is 0 Å². The smallest absolute Gasteiger partial charge is 0.249 e. The van der Waals surface area contributed by atoms with E-state index in [-0.39, 0.29) is 17.9 Å². The van der Waals surface area contributed by atoms with E-state index in [4.69, 9.17) is 4.52 Å². The maximum atomic E-state index is 12.1. The fraction of sp³-hybridized carbons (Fsp3) is 0.500. The summed E-state index contributed by atoms with van der Waals surface area (Å²) in [6.45, 7) is 8.21. The van der Waals surface area contributed by atoms with Crippen LogP contribution in [-0.2, 0) is 4.79 Å². The molecule has 23 heavy (non-hydrogen) atoms. The minimum absolute atomic E-state index is 0.0183. The van der Waals surface area contributed by atoms with E-state index in [0.29, 0.717) is 24.1 Å². The molecule has 0 bridgehead atoms. The summed E-state index contributed by atoms with van der Waals surface area (Å²) in [5, 5.41) is 7.10. The van der Waals surface area contributed by atoms with Crippen molar-refractivity contribution in [1.29, 1.82) is 0 Å². The summed E-state index contributed by atoms with van der Waals surface area (Å²) < 4.78 is 5.43. The quantitative estimate of drug-likeness (QED) is 0.839. The molecule has 0 aliphatic heterocycles. The summed E-state index contributed by atoms with van der Waals surface area (Å²) in [4.78, 5) is 16.6. The van der Waals surface area contributed by atoms with Gasteiger partial charge in [0, 0.05) is 12.0 Å². The standard InChI is InChI=1S/C18H25N3O2/c1-5-13(4)16(19-15(22)11-12(2)3)18-20-17(21-23-18)14-9-7-6-8-10-14/h6-10,12-13,16H,5,11H2,1-4H3,(H,19,22). The van der Waals surface area contributed by atoms with Crippen molar-refractivity contribution in [2.45, 2.75) is 46.6 Å². The van der Waals surface area contributed by atoms with Crippen LogP contribution in [0.5, 0.6) is 0 Å². The predicted molar refractivity (Wildman–Crippen MR) is 89.5 cm³/mol. The molecular weight excluding hydrogens is 290 g/mol. The molecule has 0 saturated heterocycles. The first kappa shape index (κ1) is 17.2. The first-order valence-corrected chi connectivity index (χ1v) is 8.19. The van der Waals surface area contributed by atoms with Crippen LogP contribution < -0.4 is 5.32 Å². The van der Waals surface area contributed by atoms with E-state index in [1.807, 2.05) is 44.2 Å². The highest BCUT2D eigenvalue weighted by atomic mass is 16.5. The second-order valence-corrected chi connectivity index (χ2v) is 6.35. The molecule has 1 aromatic heterocycles. The Balaban J connectivity index is 2.19. The van der Waals surface area contributed by atoms with Gasteiger partial charge in [-0.05, 0) is 11.8 Å². The Labute approximate surface area is 137 Å². The average Bonchev–Trinajstić information content (AvgIpc) is 3.01. The van der Waals surface area contributed by atoms with Crippen molar-refractivity contribution in [2.24, 2.45) is 11.8 Å². The van der Waals surface area contributed by atoms with Crippen molar-refractivity contribution in [2.75, 3.05) is 0 Å². The number of amides is 1. The van der Waals surface area contributed by atoms with Gasteiger partial charge in [0.05, 0.1) is 0 Å². The monoisotopic (exact) mass is 315 g/mol. The molecule has 0 saturated carbocycles. The van der Waals surface area contributed by atoms with E-state index >= 15 is 0 Å². The Hall–Kier alpha value is -2.17. The van der Waals surface area contributed by atoms with Gasteiger partial charge in [-0.3, -0.25) is 4.79 Å². The highest BCUT2D eigenvalue weighted by Crippen LogP contribution is 2.25. The Morgan fingerprint density at radius 2 is 1.91 bits per heavy atom. The number of nitrogens with one attached hydrogen (secondary N) is 1. The third kappa shape index (κ3) is 4.65. The van der Waals surface area contributed by atoms with Gasteiger partial charge in [0.1, 0.15) is 6.04 Å². The molecule has 124 valence electrons. The number of hydrogen-bond donors (Lipinski definition) is 1. The zero-order chi connectivity index (χ0) is 16.8. The van der Waals surface area contributed by atoms with Gasteiger partial charge in [-0.25, -0.2) is 0 Å². The van der Waals surface area contributed by atoms with Crippen LogP contribution in [0.2, 0.25) is 0 Å². The van der Waals surface area contributed by atoms with Crippen LogP contribution in [0, 0.1) is 11.8 Å². The molecule has 2 rings (SSSR count). The molecule has 0 aliphatic rings. The molecule has 2 atom stereocenters. The van der Waals surface area contributed by atoms with E-state index in [2.05, 4.69) is 29.3 Å². The van der Waals surface area contributed by atoms with Gasteiger partial charge < -0.3 is 9.84 Å². The molecule has 2 unspecified atom stereocenters. The molecule has 0 radical (unpaired) electrons. The molecule has 5 heteroatoms. The summed E-state index contributed by atoms with van der Waals surface area (Å²) in [6, 6.07) is 9.42. The van der Waals surface area contributed by atoms with Crippen molar-refractivity contribution in [3.63, 3.8) is 0 Å². The molecule has 0 aliphatic carbocycles. The van der Waals surface area contributed by atoms with E-state index in [1.54, 1.807) is 0 Å². The first-order chi connectivity index (χ1) is 11.0. The van der Waals surface area contributed by atoms with Crippen molar-refractivity contribution in [3.8, 4) is 11.4 Å². The molecule has 0 fully saturated rings. The van der Waals surface area contributed by atoms with Crippen molar-refractivity contribution < 1.29 is 9.32 Å². The topological polar surface area (TPSA) is 68.0 Å². The third-order valence-electron chi connectivity index (χ3n) is 3.86. The van der Waals surface area contributed by atoms with Gasteiger partial charge in [-0.1, -0.05) is 69.6 Å². The van der Waals surface area contributed by atoms with Gasteiger partial charge in [0.15, 0.2) is 0 Å². The Kier molecular flexibility index (Phi) is 5.90. The summed E-state index contributed by atoms with van der Waals surface area (Å²) in [7, 11) is 0. The van der Waals surface area contributed by atoms with Crippen molar-refractivity contribution >= 4 is 5.91 Å². The SMILES string of the molecule is CCC(C)C(NC(=O)CC(C)C)c1nc(-c2ccccc2)no1. The largest absolute Gasteiger partial charge is 0.344 e. The number of carbonyl (C=O) groups excluding carboxylic acids is 1. The second kappa shape index (κ2) is 7.90. The molecule has 1 amide bonds.